The predicted molar refractivity (Wildman–Crippen MR) is 128 cm³/mol. The van der Waals surface area contributed by atoms with Gasteiger partial charge in [-0.2, -0.15) is 0 Å². The van der Waals surface area contributed by atoms with Crippen LogP contribution in [0.15, 0.2) is 64.2 Å². The minimum atomic E-state index is -3.93. The van der Waals surface area contributed by atoms with Gasteiger partial charge in [0.05, 0.1) is 23.1 Å². The molecule has 1 aromatic heterocycles. The first-order chi connectivity index (χ1) is 15.7. The van der Waals surface area contributed by atoms with Gasteiger partial charge in [0, 0.05) is 23.6 Å². The van der Waals surface area contributed by atoms with Crippen LogP contribution in [0.3, 0.4) is 0 Å². The summed E-state index contributed by atoms with van der Waals surface area (Å²) in [6.07, 6.45) is 2.74. The van der Waals surface area contributed by atoms with Gasteiger partial charge < -0.3 is 14.8 Å². The highest BCUT2D eigenvalue weighted by molar-refractivity contribution is 9.10. The minimum absolute atomic E-state index is 0.0115. The van der Waals surface area contributed by atoms with Crippen molar-refractivity contribution in [1.82, 2.24) is 9.97 Å². The lowest BCUT2D eigenvalue weighted by Gasteiger charge is -2.12. The van der Waals surface area contributed by atoms with E-state index in [9.17, 15) is 13.2 Å². The number of benzene rings is 2. The number of aromatic nitrogens is 2. The van der Waals surface area contributed by atoms with Gasteiger partial charge in [0.1, 0.15) is 5.75 Å². The Bertz CT molecular complexity index is 1230. The van der Waals surface area contributed by atoms with E-state index in [1.165, 1.54) is 43.8 Å². The van der Waals surface area contributed by atoms with E-state index in [-0.39, 0.29) is 22.5 Å². The van der Waals surface area contributed by atoms with Crippen molar-refractivity contribution < 1.29 is 22.7 Å². The van der Waals surface area contributed by atoms with Gasteiger partial charge in [-0.3, -0.25) is 9.52 Å². The lowest BCUT2D eigenvalue weighted by Crippen LogP contribution is -2.15. The number of sulfonamides is 1. The Kier molecular flexibility index (Phi) is 7.88. The van der Waals surface area contributed by atoms with E-state index in [2.05, 4.69) is 49.8 Å². The molecule has 0 aliphatic heterocycles. The number of carbonyl (C=O) groups excluding carboxylic acids is 1. The van der Waals surface area contributed by atoms with Crippen LogP contribution in [0.2, 0.25) is 0 Å². The Morgan fingerprint density at radius 3 is 2.42 bits per heavy atom. The maximum atomic E-state index is 12.7. The van der Waals surface area contributed by atoms with Gasteiger partial charge in [-0.25, -0.2) is 18.4 Å². The molecule has 0 bridgehead atoms. The van der Waals surface area contributed by atoms with Crippen molar-refractivity contribution in [2.75, 3.05) is 23.8 Å². The Labute approximate surface area is 200 Å². The lowest BCUT2D eigenvalue weighted by molar-refractivity contribution is 0.102. The summed E-state index contributed by atoms with van der Waals surface area (Å²) in [7, 11) is -2.57. The highest BCUT2D eigenvalue weighted by Gasteiger charge is 2.18. The number of amides is 1. The monoisotopic (exact) mass is 534 g/mol. The number of nitrogens with one attached hydrogen (secondary N) is 2. The average Bonchev–Trinajstić information content (AvgIpc) is 2.78. The molecule has 1 amide bonds. The summed E-state index contributed by atoms with van der Waals surface area (Å²) in [5.41, 5.74) is 0.860. The van der Waals surface area contributed by atoms with Crippen LogP contribution < -0.4 is 19.5 Å². The molecule has 0 saturated carbocycles. The van der Waals surface area contributed by atoms with Crippen molar-refractivity contribution in [2.24, 2.45) is 5.92 Å². The molecule has 0 saturated heterocycles. The van der Waals surface area contributed by atoms with Gasteiger partial charge in [-0.1, -0.05) is 13.8 Å². The van der Waals surface area contributed by atoms with E-state index in [1.807, 2.05) is 0 Å². The number of nitrogens with zero attached hydrogens (tertiary/aromatic N) is 2. The van der Waals surface area contributed by atoms with Crippen molar-refractivity contribution in [1.29, 1.82) is 0 Å². The smallest absolute Gasteiger partial charge is 0.263 e. The lowest BCUT2D eigenvalue weighted by atomic mass is 10.2. The van der Waals surface area contributed by atoms with E-state index < -0.39 is 10.0 Å². The highest BCUT2D eigenvalue weighted by Crippen LogP contribution is 2.27. The first-order valence-electron chi connectivity index (χ1n) is 9.91. The molecule has 2 aromatic carbocycles. The van der Waals surface area contributed by atoms with Gasteiger partial charge in [-0.15, -0.1) is 0 Å². The van der Waals surface area contributed by atoms with Crippen LogP contribution in [0, 0.1) is 5.92 Å². The third kappa shape index (κ3) is 6.42. The Balaban J connectivity index is 1.69. The van der Waals surface area contributed by atoms with E-state index in [1.54, 1.807) is 18.2 Å². The number of hydrogen-bond acceptors (Lipinski definition) is 7. The molecule has 1 heterocycles. The second-order valence-corrected chi connectivity index (χ2v) is 9.89. The summed E-state index contributed by atoms with van der Waals surface area (Å²) in [5.74, 6) is 0.719. The number of ether oxygens (including phenoxy) is 2. The fraction of sp³-hybridized carbons (Fsp3) is 0.227. The fourth-order valence-electron chi connectivity index (χ4n) is 2.67. The number of rotatable bonds is 9. The third-order valence-corrected chi connectivity index (χ3v) is 6.25. The number of anilines is 2. The van der Waals surface area contributed by atoms with Gasteiger partial charge in [0.2, 0.25) is 5.82 Å². The molecule has 3 rings (SSSR count). The average molecular weight is 535 g/mol. The zero-order valence-corrected chi connectivity index (χ0v) is 20.6. The first kappa shape index (κ1) is 24.5. The normalized spacial score (nSPS) is 11.2. The summed E-state index contributed by atoms with van der Waals surface area (Å²) in [4.78, 5) is 20.4. The highest BCUT2D eigenvalue weighted by atomic mass is 79.9. The largest absolute Gasteiger partial charge is 0.492 e. The van der Waals surface area contributed by atoms with Crippen molar-refractivity contribution >= 4 is 43.4 Å². The molecule has 0 unspecified atom stereocenters. The van der Waals surface area contributed by atoms with E-state index in [4.69, 9.17) is 9.47 Å². The SMILES string of the molecule is COc1nccnc1NS(=O)(=O)c1ccc(NC(=O)c2ccc(OCC(C)C)c(Br)c2)cc1. The summed E-state index contributed by atoms with van der Waals surface area (Å²) in [6.45, 7) is 4.67. The van der Waals surface area contributed by atoms with Gasteiger partial charge in [-0.05, 0) is 64.3 Å². The quantitative estimate of drug-likeness (QED) is 0.419. The number of methoxy groups -OCH3 is 1. The molecule has 0 atom stereocenters. The van der Waals surface area contributed by atoms with Gasteiger partial charge in [0.15, 0.2) is 0 Å². The van der Waals surface area contributed by atoms with E-state index in [0.717, 1.165) is 0 Å². The van der Waals surface area contributed by atoms with Crippen LogP contribution in [-0.2, 0) is 10.0 Å². The molecule has 0 spiro atoms. The first-order valence-corrected chi connectivity index (χ1v) is 12.2. The maximum Gasteiger partial charge on any atom is 0.263 e. The van der Waals surface area contributed by atoms with Crippen molar-refractivity contribution in [3.63, 3.8) is 0 Å². The third-order valence-electron chi connectivity index (χ3n) is 4.28. The van der Waals surface area contributed by atoms with E-state index in [0.29, 0.717) is 34.0 Å². The Hall–Kier alpha value is -3.18. The van der Waals surface area contributed by atoms with Gasteiger partial charge in [0.25, 0.3) is 21.8 Å². The van der Waals surface area contributed by atoms with Crippen LogP contribution in [0.25, 0.3) is 0 Å². The molecule has 9 nitrogen and oxygen atoms in total. The molecule has 3 aromatic rings. The molecule has 2 N–H and O–H groups in total. The summed E-state index contributed by atoms with van der Waals surface area (Å²) in [5, 5.41) is 2.74. The summed E-state index contributed by atoms with van der Waals surface area (Å²) in [6, 6.07) is 10.8. The second-order valence-electron chi connectivity index (χ2n) is 7.35. The molecule has 0 radical (unpaired) electrons. The number of halogens is 1. The zero-order chi connectivity index (χ0) is 24.0. The molecule has 0 fully saturated rings. The fourth-order valence-corrected chi connectivity index (χ4v) is 4.17. The zero-order valence-electron chi connectivity index (χ0n) is 18.2. The number of hydrogen-bond donors (Lipinski definition) is 2. The molecule has 0 aliphatic carbocycles. The molecule has 33 heavy (non-hydrogen) atoms. The molecule has 0 aliphatic rings. The van der Waals surface area contributed by atoms with Crippen molar-refractivity contribution in [2.45, 2.75) is 18.7 Å². The number of carbonyl (C=O) groups is 1. The summed E-state index contributed by atoms with van der Waals surface area (Å²) < 4.78 is 39.0. The summed E-state index contributed by atoms with van der Waals surface area (Å²) >= 11 is 3.42. The Morgan fingerprint density at radius 1 is 1.09 bits per heavy atom. The maximum absolute atomic E-state index is 12.7. The van der Waals surface area contributed by atoms with E-state index >= 15 is 0 Å². The molecular weight excluding hydrogens is 512 g/mol. The van der Waals surface area contributed by atoms with Crippen LogP contribution in [0.1, 0.15) is 24.2 Å². The Morgan fingerprint density at radius 2 is 1.79 bits per heavy atom. The van der Waals surface area contributed by atoms with Crippen LogP contribution in [0.5, 0.6) is 11.6 Å². The van der Waals surface area contributed by atoms with Crippen molar-refractivity contribution in [3.05, 3.63) is 64.9 Å². The topological polar surface area (TPSA) is 120 Å². The van der Waals surface area contributed by atoms with Crippen molar-refractivity contribution in [3.8, 4) is 11.6 Å². The molecule has 174 valence electrons. The minimum Gasteiger partial charge on any atom is -0.492 e. The van der Waals surface area contributed by atoms with Crippen LogP contribution in [0.4, 0.5) is 11.5 Å². The standard InChI is InChI=1S/C22H23BrN4O5S/c1-14(2)13-32-19-9-4-15(12-18(19)23)21(28)26-16-5-7-17(8-6-16)33(29,30)27-20-22(31-3)25-11-10-24-20/h4-12,14H,13H2,1-3H3,(H,24,27)(H,26,28). The van der Waals surface area contributed by atoms with Crippen LogP contribution in [-0.4, -0.2) is 38.0 Å². The molecule has 11 heteroatoms. The predicted octanol–water partition coefficient (Wildman–Crippen LogP) is 4.34. The molecular formula is C22H23BrN4O5S. The van der Waals surface area contributed by atoms with Crippen LogP contribution >= 0.6 is 15.9 Å². The van der Waals surface area contributed by atoms with Gasteiger partial charge >= 0.3 is 0 Å². The second kappa shape index (κ2) is 10.6.